The fourth-order valence-corrected chi connectivity index (χ4v) is 2.61. The van der Waals surface area contributed by atoms with Crippen molar-refractivity contribution in [2.24, 2.45) is 11.3 Å². The molecule has 2 aromatic rings. The first kappa shape index (κ1) is 13.3. The summed E-state index contributed by atoms with van der Waals surface area (Å²) >= 11 is 1.74. The average Bonchev–Trinajstić information content (AvgIpc) is 2.71. The maximum absolute atomic E-state index is 4.68. The average molecular weight is 262 g/mol. The Morgan fingerprint density at radius 1 is 1.33 bits per heavy atom. The summed E-state index contributed by atoms with van der Waals surface area (Å²) in [6.07, 6.45) is 0. The van der Waals surface area contributed by atoms with Crippen LogP contribution in [0, 0.1) is 18.3 Å². The quantitative estimate of drug-likeness (QED) is 0.864. The van der Waals surface area contributed by atoms with Gasteiger partial charge in [-0.15, -0.1) is 0 Å². The lowest BCUT2D eigenvalue weighted by Gasteiger charge is -2.29. The Morgan fingerprint density at radius 3 is 2.67 bits per heavy atom. The van der Waals surface area contributed by atoms with Crippen LogP contribution in [-0.4, -0.2) is 11.5 Å². The van der Waals surface area contributed by atoms with Crippen LogP contribution < -0.4 is 5.32 Å². The Kier molecular flexibility index (Phi) is 3.62. The second-order valence-corrected chi connectivity index (χ2v) is 6.97. The molecule has 0 aliphatic rings. The summed E-state index contributed by atoms with van der Waals surface area (Å²) in [4.78, 5) is 4.68. The lowest BCUT2D eigenvalue weighted by molar-refractivity contribution is 0.269. The third-order valence-electron chi connectivity index (χ3n) is 3.88. The van der Waals surface area contributed by atoms with E-state index >= 15 is 0 Å². The highest BCUT2D eigenvalue weighted by molar-refractivity contribution is 7.22. The Labute approximate surface area is 113 Å². The molecule has 0 saturated heterocycles. The summed E-state index contributed by atoms with van der Waals surface area (Å²) in [6, 6.07) is 6.35. The number of fused-ring (bicyclic) bond motifs is 1. The van der Waals surface area contributed by atoms with Crippen molar-refractivity contribution in [1.29, 1.82) is 0 Å². The highest BCUT2D eigenvalue weighted by Gasteiger charge is 2.22. The molecule has 18 heavy (non-hydrogen) atoms. The van der Waals surface area contributed by atoms with Crippen LogP contribution in [0.5, 0.6) is 0 Å². The predicted molar refractivity (Wildman–Crippen MR) is 81.5 cm³/mol. The van der Waals surface area contributed by atoms with Crippen molar-refractivity contribution in [3.05, 3.63) is 23.8 Å². The number of anilines is 1. The van der Waals surface area contributed by atoms with Gasteiger partial charge in [0.25, 0.3) is 0 Å². The van der Waals surface area contributed by atoms with Gasteiger partial charge in [0, 0.05) is 6.54 Å². The molecule has 1 aromatic heterocycles. The Hall–Kier alpha value is -1.09. The van der Waals surface area contributed by atoms with Gasteiger partial charge >= 0.3 is 0 Å². The summed E-state index contributed by atoms with van der Waals surface area (Å²) in [7, 11) is 0. The molecule has 0 amide bonds. The molecule has 0 fully saturated rings. The first-order chi connectivity index (χ1) is 8.40. The molecule has 0 bridgehead atoms. The number of benzene rings is 1. The summed E-state index contributed by atoms with van der Waals surface area (Å²) in [5.41, 5.74) is 2.67. The van der Waals surface area contributed by atoms with Crippen molar-refractivity contribution in [2.45, 2.75) is 34.6 Å². The van der Waals surface area contributed by atoms with Gasteiger partial charge in [-0.05, 0) is 29.9 Å². The topological polar surface area (TPSA) is 24.9 Å². The summed E-state index contributed by atoms with van der Waals surface area (Å²) in [5, 5.41) is 4.53. The fraction of sp³-hybridized carbons (Fsp3) is 0.533. The van der Waals surface area contributed by atoms with Crippen molar-refractivity contribution in [3.8, 4) is 0 Å². The number of aromatic nitrogens is 1. The van der Waals surface area contributed by atoms with E-state index in [9.17, 15) is 0 Å². The smallest absolute Gasteiger partial charge is 0.183 e. The van der Waals surface area contributed by atoms with Crippen LogP contribution in [0.15, 0.2) is 18.2 Å². The van der Waals surface area contributed by atoms with Gasteiger partial charge < -0.3 is 5.32 Å². The molecule has 2 nitrogen and oxygen atoms in total. The molecule has 1 heterocycles. The van der Waals surface area contributed by atoms with Crippen LogP contribution in [-0.2, 0) is 0 Å². The van der Waals surface area contributed by atoms with Crippen molar-refractivity contribution in [2.75, 3.05) is 11.9 Å². The Bertz CT molecular complexity index is 540. The predicted octanol–water partition coefficient (Wildman–Crippen LogP) is 4.70. The van der Waals surface area contributed by atoms with Crippen LogP contribution in [0.3, 0.4) is 0 Å². The molecule has 3 heteroatoms. The number of aryl methyl sites for hydroxylation is 1. The lowest BCUT2D eigenvalue weighted by atomic mass is 9.81. The summed E-state index contributed by atoms with van der Waals surface area (Å²) in [6.45, 7) is 12.2. The molecule has 2 rings (SSSR count). The number of hydrogen-bond acceptors (Lipinski definition) is 3. The number of hydrogen-bond donors (Lipinski definition) is 1. The third-order valence-corrected chi connectivity index (χ3v) is 4.86. The summed E-state index contributed by atoms with van der Waals surface area (Å²) < 4.78 is 1.26. The molecule has 1 aromatic carbocycles. The minimum absolute atomic E-state index is 0.285. The first-order valence-electron chi connectivity index (χ1n) is 6.50. The second-order valence-electron chi connectivity index (χ2n) is 5.94. The maximum atomic E-state index is 4.68. The van der Waals surface area contributed by atoms with E-state index in [1.165, 1.54) is 10.3 Å². The fourth-order valence-electron chi connectivity index (χ4n) is 1.67. The van der Waals surface area contributed by atoms with Gasteiger partial charge in [-0.2, -0.15) is 0 Å². The SMILES string of the molecule is Cc1cccc2sc(NCC(C)(C)C(C)C)nc12. The molecule has 98 valence electrons. The van der Waals surface area contributed by atoms with Gasteiger partial charge in [-0.3, -0.25) is 0 Å². The normalized spacial score (nSPS) is 12.3. The highest BCUT2D eigenvalue weighted by atomic mass is 32.1. The first-order valence-corrected chi connectivity index (χ1v) is 7.32. The zero-order valence-corrected chi connectivity index (χ0v) is 12.7. The van der Waals surface area contributed by atoms with Gasteiger partial charge in [0.15, 0.2) is 5.13 Å². The number of nitrogens with zero attached hydrogens (tertiary/aromatic N) is 1. The van der Waals surface area contributed by atoms with Gasteiger partial charge in [0.05, 0.1) is 10.2 Å². The minimum Gasteiger partial charge on any atom is -0.361 e. The molecule has 1 N–H and O–H groups in total. The largest absolute Gasteiger partial charge is 0.361 e. The summed E-state index contributed by atoms with van der Waals surface area (Å²) in [5.74, 6) is 0.654. The molecule has 0 saturated carbocycles. The van der Waals surface area contributed by atoms with Crippen LogP contribution in [0.1, 0.15) is 33.3 Å². The number of para-hydroxylation sites is 1. The molecular weight excluding hydrogens is 240 g/mol. The zero-order valence-electron chi connectivity index (χ0n) is 11.9. The van der Waals surface area contributed by atoms with E-state index in [2.05, 4.69) is 63.1 Å². The van der Waals surface area contributed by atoms with Gasteiger partial charge in [-0.25, -0.2) is 4.98 Å². The number of nitrogens with one attached hydrogen (secondary N) is 1. The standard InChI is InChI=1S/C15H22N2S/c1-10(2)15(4,5)9-16-14-17-13-11(3)7-6-8-12(13)18-14/h6-8,10H,9H2,1-5H3,(H,16,17). The van der Waals surface area contributed by atoms with Crippen LogP contribution in [0.4, 0.5) is 5.13 Å². The van der Waals surface area contributed by atoms with Crippen molar-refractivity contribution in [3.63, 3.8) is 0 Å². The molecular formula is C15H22N2S. The van der Waals surface area contributed by atoms with Crippen LogP contribution in [0.25, 0.3) is 10.2 Å². The maximum Gasteiger partial charge on any atom is 0.183 e. The molecule has 0 unspecified atom stereocenters. The zero-order chi connectivity index (χ0) is 13.3. The van der Waals surface area contributed by atoms with E-state index in [0.717, 1.165) is 17.2 Å². The number of rotatable bonds is 4. The molecule has 0 spiro atoms. The Morgan fingerprint density at radius 2 is 2.06 bits per heavy atom. The van der Waals surface area contributed by atoms with E-state index in [4.69, 9.17) is 0 Å². The Balaban J connectivity index is 2.16. The molecule has 0 aliphatic heterocycles. The van der Waals surface area contributed by atoms with E-state index in [-0.39, 0.29) is 5.41 Å². The van der Waals surface area contributed by atoms with Crippen molar-refractivity contribution >= 4 is 26.7 Å². The number of thiazole rings is 1. The van der Waals surface area contributed by atoms with Crippen LogP contribution in [0.2, 0.25) is 0 Å². The van der Waals surface area contributed by atoms with Crippen LogP contribution >= 0.6 is 11.3 Å². The van der Waals surface area contributed by atoms with E-state index < -0.39 is 0 Å². The molecule has 0 atom stereocenters. The van der Waals surface area contributed by atoms with E-state index in [0.29, 0.717) is 5.92 Å². The van der Waals surface area contributed by atoms with E-state index in [1.54, 1.807) is 11.3 Å². The minimum atomic E-state index is 0.285. The van der Waals surface area contributed by atoms with E-state index in [1.807, 2.05) is 0 Å². The van der Waals surface area contributed by atoms with Crippen molar-refractivity contribution in [1.82, 2.24) is 4.98 Å². The molecule has 0 radical (unpaired) electrons. The molecule has 0 aliphatic carbocycles. The van der Waals surface area contributed by atoms with Crippen molar-refractivity contribution < 1.29 is 0 Å². The second kappa shape index (κ2) is 4.88. The van der Waals surface area contributed by atoms with Gasteiger partial charge in [0.1, 0.15) is 0 Å². The van der Waals surface area contributed by atoms with Gasteiger partial charge in [0.2, 0.25) is 0 Å². The highest BCUT2D eigenvalue weighted by Crippen LogP contribution is 2.30. The third kappa shape index (κ3) is 2.66. The lowest BCUT2D eigenvalue weighted by Crippen LogP contribution is -2.28. The van der Waals surface area contributed by atoms with Gasteiger partial charge in [-0.1, -0.05) is 51.2 Å². The monoisotopic (exact) mass is 262 g/mol.